The summed E-state index contributed by atoms with van der Waals surface area (Å²) in [6, 6.07) is 0. The van der Waals surface area contributed by atoms with Gasteiger partial charge in [0.2, 0.25) is 0 Å². The summed E-state index contributed by atoms with van der Waals surface area (Å²) in [5.74, 6) is 0. The average molecular weight is 134 g/mol. The normalized spacial score (nSPS) is 3.43. The van der Waals surface area contributed by atoms with Crippen LogP contribution in [0.15, 0.2) is 0 Å². The maximum absolute atomic E-state index is 8.56. The third-order valence-electron chi connectivity index (χ3n) is 0. The fourth-order valence-electron chi connectivity index (χ4n) is 0. The van der Waals surface area contributed by atoms with Crippen molar-refractivity contribution in [3.05, 3.63) is 0 Å². The Morgan fingerprint density at radius 3 is 1.43 bits per heavy atom. The molecule has 7 heavy (non-hydrogen) atoms. The average Bonchev–Trinajstić information content (AvgIpc) is 0.811. The number of carbonyl (C=O) groups is 1. The van der Waals surface area contributed by atoms with E-state index in [4.69, 9.17) is 15.0 Å². The van der Waals surface area contributed by atoms with Crippen LogP contribution in [0.2, 0.25) is 0 Å². The molecule has 2 N–H and O–H groups in total. The monoisotopic (exact) mass is 134 g/mol. The van der Waals surface area contributed by atoms with Crippen LogP contribution in [-0.2, 0) is 0 Å². The van der Waals surface area contributed by atoms with E-state index in [-0.39, 0.29) is 104 Å². The van der Waals surface area contributed by atoms with E-state index in [1.165, 1.54) is 0 Å². The fourth-order valence-corrected chi connectivity index (χ4v) is 0. The topological polar surface area (TPSA) is 57.5 Å². The molecule has 0 fully saturated rings. The molecule has 0 aliphatic carbocycles. The summed E-state index contributed by atoms with van der Waals surface area (Å²) in [4.78, 5) is 8.56. The Labute approximate surface area is 123 Å². The van der Waals surface area contributed by atoms with Gasteiger partial charge in [-0.15, -0.1) is 0 Å². The molecule has 0 aliphatic rings. The molecule has 3 nitrogen and oxygen atoms in total. The molecule has 0 atom stereocenters. The molecular weight excluding hydrogens is 129 g/mol. The van der Waals surface area contributed by atoms with Gasteiger partial charge in [-0.2, -0.15) is 0 Å². The third kappa shape index (κ3) is 57.4. The van der Waals surface area contributed by atoms with Crippen molar-refractivity contribution in [1.29, 1.82) is 0 Å². The predicted molar refractivity (Wildman–Crippen MR) is 14.0 cm³/mol. The molecule has 0 rings (SSSR count). The standard InChI is InChI=1S/CH2O3.K.Li.Na.3H/c2-1(3)4;;;;;;/h(H2,2,3,4);;;;;;/q;3*+1;3*-1. The third-order valence-corrected chi connectivity index (χ3v) is 0. The molecule has 0 aromatic carbocycles. The second-order valence-corrected chi connectivity index (χ2v) is 0.283. The second kappa shape index (κ2) is 15.8. The zero-order valence-corrected chi connectivity index (χ0v) is 9.93. The summed E-state index contributed by atoms with van der Waals surface area (Å²) >= 11 is 0. The minimum absolute atomic E-state index is 0. The maximum atomic E-state index is 8.56. The molecule has 0 aromatic heterocycles. The molecule has 0 radical (unpaired) electrons. The zero-order chi connectivity index (χ0) is 3.58. The largest absolute Gasteiger partial charge is 1.00 e. The van der Waals surface area contributed by atoms with Crippen LogP contribution in [0.5, 0.6) is 0 Å². The van der Waals surface area contributed by atoms with Gasteiger partial charge in [-0.1, -0.05) is 0 Å². The molecule has 0 saturated carbocycles. The molecule has 0 heterocycles. The molecule has 0 spiro atoms. The van der Waals surface area contributed by atoms with Crippen molar-refractivity contribution < 1.29 is 119 Å². The Bertz CT molecular complexity index is 46.7. The van der Waals surface area contributed by atoms with Crippen molar-refractivity contribution >= 4 is 6.16 Å². The van der Waals surface area contributed by atoms with Gasteiger partial charge < -0.3 is 14.5 Å². The van der Waals surface area contributed by atoms with Crippen molar-refractivity contribution in [1.82, 2.24) is 0 Å². The van der Waals surface area contributed by atoms with Crippen LogP contribution >= 0.6 is 0 Å². The van der Waals surface area contributed by atoms with Crippen LogP contribution in [0.3, 0.4) is 0 Å². The molecule has 0 aromatic rings. The Morgan fingerprint density at radius 2 is 1.43 bits per heavy atom. The summed E-state index contributed by atoms with van der Waals surface area (Å²) in [7, 11) is 0. The Hall–Kier alpha value is 2.50. The van der Waals surface area contributed by atoms with Gasteiger partial charge in [-0.25, -0.2) is 4.79 Å². The number of hydrogen-bond acceptors (Lipinski definition) is 1. The van der Waals surface area contributed by atoms with Crippen LogP contribution in [0.1, 0.15) is 4.28 Å². The molecule has 6 heteroatoms. The van der Waals surface area contributed by atoms with Crippen LogP contribution in [-0.4, -0.2) is 16.4 Å². The number of hydrogen-bond donors (Lipinski definition) is 2. The van der Waals surface area contributed by atoms with E-state index in [1.807, 2.05) is 0 Å². The first kappa shape index (κ1) is 22.7. The first-order chi connectivity index (χ1) is 1.73. The first-order valence-corrected chi connectivity index (χ1v) is 0.651. The zero-order valence-electron chi connectivity index (χ0n) is 7.80. The predicted octanol–water partition coefficient (Wildman–Crippen LogP) is -8.43. The van der Waals surface area contributed by atoms with Gasteiger partial charge in [0.15, 0.2) is 0 Å². The smallest absolute Gasteiger partial charge is 1.00 e. The molecule has 0 amide bonds. The first-order valence-electron chi connectivity index (χ1n) is 0.651. The molecule has 0 unspecified atom stereocenters. The van der Waals surface area contributed by atoms with Crippen molar-refractivity contribution in [2.75, 3.05) is 0 Å². The molecule has 0 aliphatic heterocycles. The number of carboxylic acid groups (broad SMARTS) is 2. The van der Waals surface area contributed by atoms with Gasteiger partial charge in [0.05, 0.1) is 0 Å². The van der Waals surface area contributed by atoms with Crippen molar-refractivity contribution in [2.45, 2.75) is 0 Å². The van der Waals surface area contributed by atoms with Gasteiger partial charge >= 0.3 is 106 Å². The molecule has 30 valence electrons. The summed E-state index contributed by atoms with van der Waals surface area (Å²) in [5.41, 5.74) is 0. The molecule has 0 bridgehead atoms. The van der Waals surface area contributed by atoms with Crippen molar-refractivity contribution in [2.24, 2.45) is 0 Å². The van der Waals surface area contributed by atoms with Gasteiger partial charge in [0, 0.05) is 0 Å². The van der Waals surface area contributed by atoms with Gasteiger partial charge in [-0.05, 0) is 0 Å². The number of rotatable bonds is 0. The van der Waals surface area contributed by atoms with Crippen LogP contribution in [0.4, 0.5) is 4.79 Å². The SMILES string of the molecule is O=C(O)O.[H-].[H-].[H-].[K+].[Li+].[Na+]. The molecular formula is CH5KLiNaO3. The van der Waals surface area contributed by atoms with Crippen LogP contribution < -0.4 is 99.8 Å². The summed E-state index contributed by atoms with van der Waals surface area (Å²) in [5, 5.41) is 13.9. The Balaban J connectivity index is -0.00000000300. The van der Waals surface area contributed by atoms with Crippen molar-refractivity contribution in [3.63, 3.8) is 0 Å². The minimum atomic E-state index is -1.83. The maximum Gasteiger partial charge on any atom is 1.00 e. The van der Waals surface area contributed by atoms with Crippen molar-refractivity contribution in [3.8, 4) is 0 Å². The van der Waals surface area contributed by atoms with Gasteiger partial charge in [0.25, 0.3) is 0 Å². The van der Waals surface area contributed by atoms with E-state index in [0.29, 0.717) is 0 Å². The summed E-state index contributed by atoms with van der Waals surface area (Å²) in [6.45, 7) is 0. The summed E-state index contributed by atoms with van der Waals surface area (Å²) in [6.07, 6.45) is -1.83. The minimum Gasteiger partial charge on any atom is -1.00 e. The fraction of sp³-hybridized carbons (Fsp3) is 0. The van der Waals surface area contributed by atoms with Crippen LogP contribution in [0, 0.1) is 0 Å². The Kier molecular flexibility index (Phi) is 51.2. The van der Waals surface area contributed by atoms with E-state index in [2.05, 4.69) is 0 Å². The second-order valence-electron chi connectivity index (χ2n) is 0.283. The van der Waals surface area contributed by atoms with E-state index < -0.39 is 6.16 Å². The van der Waals surface area contributed by atoms with Crippen LogP contribution in [0.25, 0.3) is 0 Å². The van der Waals surface area contributed by atoms with E-state index in [9.17, 15) is 0 Å². The molecule has 0 saturated heterocycles. The van der Waals surface area contributed by atoms with E-state index in [1.54, 1.807) is 0 Å². The van der Waals surface area contributed by atoms with E-state index >= 15 is 0 Å². The van der Waals surface area contributed by atoms with Gasteiger partial charge in [-0.3, -0.25) is 0 Å². The van der Waals surface area contributed by atoms with Gasteiger partial charge in [0.1, 0.15) is 0 Å². The Morgan fingerprint density at radius 1 is 1.43 bits per heavy atom. The quantitative estimate of drug-likeness (QED) is 0.323. The van der Waals surface area contributed by atoms with E-state index in [0.717, 1.165) is 0 Å². The summed E-state index contributed by atoms with van der Waals surface area (Å²) < 4.78 is 0.